The number of halogens is 2. The number of aromatic nitrogens is 3. The first-order valence-corrected chi connectivity index (χ1v) is 10.8. The maximum atomic E-state index is 13.1. The molecular formula is C22H20ClFN4OS. The van der Waals surface area contributed by atoms with Gasteiger partial charge in [-0.15, -0.1) is 11.3 Å². The third-order valence-electron chi connectivity index (χ3n) is 4.73. The lowest BCUT2D eigenvalue weighted by Crippen LogP contribution is -2.25. The fourth-order valence-corrected chi connectivity index (χ4v) is 4.56. The van der Waals surface area contributed by atoms with Crippen molar-refractivity contribution in [1.29, 1.82) is 0 Å². The van der Waals surface area contributed by atoms with Crippen LogP contribution in [-0.4, -0.2) is 27.2 Å². The number of amides is 1. The monoisotopic (exact) mass is 442 g/mol. The standard InChI is InChI=1S/C22H20ClFN4OS/c1-14-20(21(23)28(27-14)13-15-8-10-16(24)11-9-15)22(29)25-12-4-7-19-26-17-5-2-3-6-18(17)30-19/h2-3,5-6,8-11H,4,7,12-13H2,1H3,(H,25,29). The molecule has 0 aliphatic heterocycles. The highest BCUT2D eigenvalue weighted by atomic mass is 35.5. The van der Waals surface area contributed by atoms with Gasteiger partial charge in [-0.25, -0.2) is 14.1 Å². The van der Waals surface area contributed by atoms with Crippen molar-refractivity contribution in [3.05, 3.63) is 81.3 Å². The maximum Gasteiger partial charge on any atom is 0.256 e. The molecule has 0 aliphatic carbocycles. The van der Waals surface area contributed by atoms with Crippen LogP contribution in [0, 0.1) is 12.7 Å². The van der Waals surface area contributed by atoms with Gasteiger partial charge >= 0.3 is 0 Å². The second-order valence-electron chi connectivity index (χ2n) is 6.97. The van der Waals surface area contributed by atoms with E-state index in [0.29, 0.717) is 24.3 Å². The number of rotatable bonds is 7. The minimum absolute atomic E-state index is 0.243. The average Bonchev–Trinajstić information content (AvgIpc) is 3.27. The van der Waals surface area contributed by atoms with Crippen LogP contribution >= 0.6 is 22.9 Å². The van der Waals surface area contributed by atoms with E-state index in [1.54, 1.807) is 35.1 Å². The van der Waals surface area contributed by atoms with Crippen LogP contribution in [0.3, 0.4) is 0 Å². The second-order valence-corrected chi connectivity index (χ2v) is 8.44. The Hall–Kier alpha value is -2.77. The van der Waals surface area contributed by atoms with Crippen molar-refractivity contribution in [1.82, 2.24) is 20.1 Å². The van der Waals surface area contributed by atoms with Crippen molar-refractivity contribution in [3.8, 4) is 0 Å². The maximum absolute atomic E-state index is 13.1. The Morgan fingerprint density at radius 2 is 1.97 bits per heavy atom. The number of nitrogens with zero attached hydrogens (tertiary/aromatic N) is 3. The Labute approximate surface area is 182 Å². The van der Waals surface area contributed by atoms with Crippen LogP contribution < -0.4 is 5.32 Å². The molecule has 0 saturated heterocycles. The van der Waals surface area contributed by atoms with Gasteiger partial charge in [0.2, 0.25) is 0 Å². The van der Waals surface area contributed by atoms with Crippen LogP contribution in [0.15, 0.2) is 48.5 Å². The summed E-state index contributed by atoms with van der Waals surface area (Å²) in [6.07, 6.45) is 1.59. The molecule has 8 heteroatoms. The van der Waals surface area contributed by atoms with Crippen molar-refractivity contribution in [2.45, 2.75) is 26.3 Å². The van der Waals surface area contributed by atoms with E-state index in [2.05, 4.69) is 21.5 Å². The van der Waals surface area contributed by atoms with E-state index in [1.165, 1.54) is 16.8 Å². The highest BCUT2D eigenvalue weighted by Crippen LogP contribution is 2.23. The molecule has 0 atom stereocenters. The molecule has 0 unspecified atom stereocenters. The summed E-state index contributed by atoms with van der Waals surface area (Å²) in [7, 11) is 0. The van der Waals surface area contributed by atoms with Crippen molar-refractivity contribution in [2.75, 3.05) is 6.54 Å². The number of nitrogens with one attached hydrogen (secondary N) is 1. The number of aryl methyl sites for hydroxylation is 2. The van der Waals surface area contributed by atoms with Crippen LogP contribution in [0.1, 0.15) is 33.0 Å². The fourth-order valence-electron chi connectivity index (χ4n) is 3.24. The lowest BCUT2D eigenvalue weighted by molar-refractivity contribution is 0.0952. The molecule has 0 radical (unpaired) electrons. The normalized spacial score (nSPS) is 11.2. The Kier molecular flexibility index (Phi) is 6.11. The van der Waals surface area contributed by atoms with Gasteiger partial charge in [0, 0.05) is 13.0 Å². The highest BCUT2D eigenvalue weighted by Gasteiger charge is 2.20. The van der Waals surface area contributed by atoms with E-state index in [0.717, 1.165) is 28.9 Å². The molecule has 0 spiro atoms. The Morgan fingerprint density at radius 3 is 2.73 bits per heavy atom. The highest BCUT2D eigenvalue weighted by molar-refractivity contribution is 7.18. The average molecular weight is 443 g/mol. The van der Waals surface area contributed by atoms with Gasteiger partial charge in [0.25, 0.3) is 5.91 Å². The number of para-hydroxylation sites is 1. The molecule has 0 fully saturated rings. The third kappa shape index (κ3) is 4.52. The van der Waals surface area contributed by atoms with Crippen molar-refractivity contribution in [3.63, 3.8) is 0 Å². The summed E-state index contributed by atoms with van der Waals surface area (Å²) in [6, 6.07) is 14.2. The minimum atomic E-state index is -0.299. The third-order valence-corrected chi connectivity index (χ3v) is 6.21. The zero-order valence-corrected chi connectivity index (χ0v) is 17.9. The number of thiazole rings is 1. The first-order valence-electron chi connectivity index (χ1n) is 9.61. The predicted molar refractivity (Wildman–Crippen MR) is 118 cm³/mol. The lowest BCUT2D eigenvalue weighted by atomic mass is 10.2. The van der Waals surface area contributed by atoms with Crippen molar-refractivity contribution >= 4 is 39.1 Å². The van der Waals surface area contributed by atoms with Crippen molar-refractivity contribution < 1.29 is 9.18 Å². The molecule has 2 aromatic heterocycles. The number of benzene rings is 2. The first-order chi connectivity index (χ1) is 14.5. The number of fused-ring (bicyclic) bond motifs is 1. The summed E-state index contributed by atoms with van der Waals surface area (Å²) < 4.78 is 15.8. The number of carbonyl (C=O) groups excluding carboxylic acids is 1. The smallest absolute Gasteiger partial charge is 0.256 e. The zero-order valence-electron chi connectivity index (χ0n) is 16.4. The molecule has 0 bridgehead atoms. The molecule has 2 heterocycles. The van der Waals surface area contributed by atoms with Crippen molar-refractivity contribution in [2.24, 2.45) is 0 Å². The van der Waals surface area contributed by atoms with Gasteiger partial charge in [-0.1, -0.05) is 35.9 Å². The van der Waals surface area contributed by atoms with Crippen LogP contribution in [0.2, 0.25) is 5.15 Å². The molecule has 4 rings (SSSR count). The number of carbonyl (C=O) groups is 1. The summed E-state index contributed by atoms with van der Waals surface area (Å²) in [5.74, 6) is -0.542. The molecule has 154 valence electrons. The topological polar surface area (TPSA) is 59.8 Å². The summed E-state index contributed by atoms with van der Waals surface area (Å²) in [5.41, 5.74) is 2.80. The Morgan fingerprint density at radius 1 is 1.20 bits per heavy atom. The van der Waals surface area contributed by atoms with Crippen LogP contribution in [-0.2, 0) is 13.0 Å². The van der Waals surface area contributed by atoms with Gasteiger partial charge < -0.3 is 5.32 Å². The van der Waals surface area contributed by atoms with Gasteiger partial charge in [0.1, 0.15) is 11.0 Å². The van der Waals surface area contributed by atoms with E-state index in [9.17, 15) is 9.18 Å². The number of hydrogen-bond acceptors (Lipinski definition) is 4. The first kappa shape index (κ1) is 20.5. The Balaban J connectivity index is 1.34. The fraction of sp³-hybridized carbons (Fsp3) is 0.227. The summed E-state index contributed by atoms with van der Waals surface area (Å²) in [6.45, 7) is 2.64. The molecule has 0 aliphatic rings. The largest absolute Gasteiger partial charge is 0.352 e. The predicted octanol–water partition coefficient (Wildman–Crippen LogP) is 5.00. The quantitative estimate of drug-likeness (QED) is 0.409. The molecule has 0 saturated carbocycles. The van der Waals surface area contributed by atoms with E-state index in [-0.39, 0.29) is 16.9 Å². The van der Waals surface area contributed by atoms with Crippen LogP contribution in [0.4, 0.5) is 4.39 Å². The summed E-state index contributed by atoms with van der Waals surface area (Å²) in [5, 5.41) is 8.63. The van der Waals surface area contributed by atoms with Gasteiger partial charge in [-0.05, 0) is 43.2 Å². The van der Waals surface area contributed by atoms with Gasteiger partial charge in [0.15, 0.2) is 0 Å². The van der Waals surface area contributed by atoms with Crippen LogP contribution in [0.25, 0.3) is 10.2 Å². The number of hydrogen-bond donors (Lipinski definition) is 1. The van der Waals surface area contributed by atoms with Gasteiger partial charge in [0.05, 0.1) is 33.0 Å². The SMILES string of the molecule is Cc1nn(Cc2ccc(F)cc2)c(Cl)c1C(=O)NCCCc1nc2ccccc2s1. The molecule has 1 amide bonds. The molecular weight excluding hydrogens is 423 g/mol. The minimum Gasteiger partial charge on any atom is -0.352 e. The molecule has 4 aromatic rings. The van der Waals surface area contributed by atoms with E-state index in [4.69, 9.17) is 11.6 Å². The zero-order chi connectivity index (χ0) is 21.1. The second kappa shape index (κ2) is 8.93. The molecule has 30 heavy (non-hydrogen) atoms. The van der Waals surface area contributed by atoms with Gasteiger partial charge in [-0.3, -0.25) is 4.79 Å². The van der Waals surface area contributed by atoms with E-state index < -0.39 is 0 Å². The van der Waals surface area contributed by atoms with E-state index >= 15 is 0 Å². The molecule has 2 aromatic carbocycles. The Bertz CT molecular complexity index is 1150. The lowest BCUT2D eigenvalue weighted by Gasteiger charge is -2.06. The summed E-state index contributed by atoms with van der Waals surface area (Å²) >= 11 is 8.10. The van der Waals surface area contributed by atoms with E-state index in [1.807, 2.05) is 18.2 Å². The summed E-state index contributed by atoms with van der Waals surface area (Å²) in [4.78, 5) is 17.2. The molecule has 5 nitrogen and oxygen atoms in total. The van der Waals surface area contributed by atoms with Gasteiger partial charge in [-0.2, -0.15) is 5.10 Å². The van der Waals surface area contributed by atoms with Crippen LogP contribution in [0.5, 0.6) is 0 Å². The molecule has 1 N–H and O–H groups in total.